The van der Waals surface area contributed by atoms with Crippen molar-refractivity contribution < 1.29 is 31.1 Å². The van der Waals surface area contributed by atoms with Crippen molar-refractivity contribution in [3.8, 4) is 11.5 Å². The Morgan fingerprint density at radius 1 is 1.27 bits per heavy atom. The molecule has 2 heterocycles. The zero-order valence-corrected chi connectivity index (χ0v) is 14.6. The molecule has 1 atom stereocenters. The van der Waals surface area contributed by atoms with E-state index >= 15 is 0 Å². The molecule has 26 heavy (non-hydrogen) atoms. The third-order valence-electron chi connectivity index (χ3n) is 3.80. The smallest absolute Gasteiger partial charge is 0.433 e. The van der Waals surface area contributed by atoms with Crippen LogP contribution in [0.2, 0.25) is 0 Å². The van der Waals surface area contributed by atoms with Gasteiger partial charge in [0.05, 0.1) is 19.3 Å². The summed E-state index contributed by atoms with van der Waals surface area (Å²) in [5.74, 6) is 0.764. The fourth-order valence-electron chi connectivity index (χ4n) is 2.56. The molecule has 0 amide bonds. The maximum Gasteiger partial charge on any atom is 0.433 e. The molecule has 0 N–H and O–H groups in total. The van der Waals surface area contributed by atoms with Crippen molar-refractivity contribution >= 4 is 15.7 Å². The number of fused-ring (bicyclic) bond motifs is 1. The third-order valence-corrected chi connectivity index (χ3v) is 5.56. The zero-order chi connectivity index (χ0) is 19.1. The molecule has 1 aliphatic rings. The average molecular weight is 388 g/mol. The lowest BCUT2D eigenvalue weighted by Gasteiger charge is -2.34. The van der Waals surface area contributed by atoms with E-state index in [-0.39, 0.29) is 17.1 Å². The normalized spacial score (nSPS) is 17.4. The Balaban J connectivity index is 2.05. The van der Waals surface area contributed by atoms with Gasteiger partial charge in [0.2, 0.25) is 0 Å². The second-order valence-corrected chi connectivity index (χ2v) is 7.54. The highest BCUT2D eigenvalue weighted by Crippen LogP contribution is 2.39. The molecule has 0 fully saturated rings. The van der Waals surface area contributed by atoms with Crippen LogP contribution < -0.4 is 13.8 Å². The largest absolute Gasteiger partial charge is 0.497 e. The first kappa shape index (κ1) is 18.3. The second-order valence-electron chi connectivity index (χ2n) is 5.68. The summed E-state index contributed by atoms with van der Waals surface area (Å²) in [6, 6.07) is 6.24. The van der Waals surface area contributed by atoms with Gasteiger partial charge in [0, 0.05) is 12.3 Å². The standard InChI is InChI=1S/C16H15F3N2O4S/c1-10-9-21(13-7-11(24-2)3-5-14(13)25-10)26(22,23)12-4-6-15(20-8-12)16(17,18)19/h3-8,10H,9H2,1-2H3. The Bertz CT molecular complexity index is 914. The van der Waals surface area contributed by atoms with Crippen LogP contribution in [0.5, 0.6) is 11.5 Å². The number of alkyl halides is 3. The van der Waals surface area contributed by atoms with Crippen molar-refractivity contribution in [2.24, 2.45) is 0 Å². The number of aromatic nitrogens is 1. The van der Waals surface area contributed by atoms with E-state index in [0.717, 1.165) is 10.4 Å². The molecule has 0 spiro atoms. The van der Waals surface area contributed by atoms with E-state index in [4.69, 9.17) is 9.47 Å². The molecule has 10 heteroatoms. The van der Waals surface area contributed by atoms with Gasteiger partial charge in [-0.15, -0.1) is 0 Å². The number of methoxy groups -OCH3 is 1. The number of pyridine rings is 1. The summed E-state index contributed by atoms with van der Waals surface area (Å²) in [6.45, 7) is 1.70. The predicted octanol–water partition coefficient (Wildman–Crippen LogP) is 3.09. The van der Waals surface area contributed by atoms with Gasteiger partial charge in [0.15, 0.2) is 0 Å². The Morgan fingerprint density at radius 3 is 2.58 bits per heavy atom. The van der Waals surface area contributed by atoms with Crippen LogP contribution in [0.1, 0.15) is 12.6 Å². The van der Waals surface area contributed by atoms with Crippen LogP contribution in [-0.4, -0.2) is 33.2 Å². The minimum Gasteiger partial charge on any atom is -0.497 e. The minimum atomic E-state index is -4.64. The maximum atomic E-state index is 13.0. The highest BCUT2D eigenvalue weighted by molar-refractivity contribution is 7.92. The molecule has 0 radical (unpaired) electrons. The van der Waals surface area contributed by atoms with Crippen molar-refractivity contribution in [3.63, 3.8) is 0 Å². The fraction of sp³-hybridized carbons (Fsp3) is 0.312. The summed E-state index contributed by atoms with van der Waals surface area (Å²) in [5, 5.41) is 0. The van der Waals surface area contributed by atoms with Gasteiger partial charge in [-0.25, -0.2) is 8.42 Å². The summed E-state index contributed by atoms with van der Waals surface area (Å²) >= 11 is 0. The lowest BCUT2D eigenvalue weighted by Crippen LogP contribution is -2.42. The SMILES string of the molecule is COc1ccc2c(c1)N(S(=O)(=O)c1ccc(C(F)(F)F)nc1)CC(C)O2. The summed E-state index contributed by atoms with van der Waals surface area (Å²) in [7, 11) is -2.69. The van der Waals surface area contributed by atoms with E-state index in [1.807, 2.05) is 0 Å². The number of sulfonamides is 1. The van der Waals surface area contributed by atoms with Gasteiger partial charge in [-0.3, -0.25) is 9.29 Å². The summed E-state index contributed by atoms with van der Waals surface area (Å²) in [5.41, 5.74) is -0.906. The van der Waals surface area contributed by atoms with Gasteiger partial charge in [-0.2, -0.15) is 13.2 Å². The number of rotatable bonds is 3. The summed E-state index contributed by atoms with van der Waals surface area (Å²) in [4.78, 5) is 2.89. The zero-order valence-electron chi connectivity index (χ0n) is 13.8. The molecule has 1 unspecified atom stereocenters. The average Bonchev–Trinajstić information content (AvgIpc) is 2.60. The number of halogens is 3. The highest BCUT2D eigenvalue weighted by Gasteiger charge is 2.36. The lowest BCUT2D eigenvalue weighted by atomic mass is 10.2. The van der Waals surface area contributed by atoms with Gasteiger partial charge in [0.25, 0.3) is 10.0 Å². The molecule has 1 aromatic carbocycles. The number of benzene rings is 1. The lowest BCUT2D eigenvalue weighted by molar-refractivity contribution is -0.141. The molecule has 140 valence electrons. The quantitative estimate of drug-likeness (QED) is 0.808. The van der Waals surface area contributed by atoms with E-state index in [1.54, 1.807) is 19.1 Å². The maximum absolute atomic E-state index is 13.0. The van der Waals surface area contributed by atoms with Crippen LogP contribution in [0, 0.1) is 0 Å². The molecular weight excluding hydrogens is 373 g/mol. The van der Waals surface area contributed by atoms with Crippen molar-refractivity contribution in [1.29, 1.82) is 0 Å². The fourth-order valence-corrected chi connectivity index (χ4v) is 4.05. The molecule has 0 bridgehead atoms. The molecule has 1 aliphatic heterocycles. The Labute approximate surface area is 148 Å². The van der Waals surface area contributed by atoms with Gasteiger partial charge in [-0.1, -0.05) is 0 Å². The first-order chi connectivity index (χ1) is 12.1. The molecule has 1 aromatic heterocycles. The van der Waals surface area contributed by atoms with Crippen LogP contribution in [0.15, 0.2) is 41.4 Å². The topological polar surface area (TPSA) is 68.7 Å². The Kier molecular flexibility index (Phi) is 4.47. The van der Waals surface area contributed by atoms with Gasteiger partial charge < -0.3 is 9.47 Å². The first-order valence-electron chi connectivity index (χ1n) is 7.53. The van der Waals surface area contributed by atoms with Crippen molar-refractivity contribution in [2.45, 2.75) is 24.1 Å². The predicted molar refractivity (Wildman–Crippen MR) is 86.9 cm³/mol. The van der Waals surface area contributed by atoms with Crippen LogP contribution >= 0.6 is 0 Å². The number of hydrogen-bond donors (Lipinski definition) is 0. The van der Waals surface area contributed by atoms with E-state index in [2.05, 4.69) is 4.98 Å². The molecule has 0 saturated carbocycles. The monoisotopic (exact) mass is 388 g/mol. The molecule has 2 aromatic rings. The van der Waals surface area contributed by atoms with Crippen molar-refractivity contribution in [3.05, 3.63) is 42.2 Å². The van der Waals surface area contributed by atoms with Crippen LogP contribution in [0.4, 0.5) is 18.9 Å². The van der Waals surface area contributed by atoms with Crippen LogP contribution in [0.25, 0.3) is 0 Å². The molecule has 3 rings (SSSR count). The summed E-state index contributed by atoms with van der Waals surface area (Å²) in [6.07, 6.45) is -4.37. The van der Waals surface area contributed by atoms with Crippen LogP contribution in [0.3, 0.4) is 0 Å². The van der Waals surface area contributed by atoms with Crippen LogP contribution in [-0.2, 0) is 16.2 Å². The van der Waals surface area contributed by atoms with E-state index in [9.17, 15) is 21.6 Å². The van der Waals surface area contributed by atoms with Gasteiger partial charge >= 0.3 is 6.18 Å². The Hall–Kier alpha value is -2.49. The number of hydrogen-bond acceptors (Lipinski definition) is 5. The minimum absolute atomic E-state index is 0.00350. The summed E-state index contributed by atoms with van der Waals surface area (Å²) < 4.78 is 75.7. The Morgan fingerprint density at radius 2 is 2.00 bits per heavy atom. The number of nitrogens with zero attached hydrogens (tertiary/aromatic N) is 2. The van der Waals surface area contributed by atoms with Crippen molar-refractivity contribution in [1.82, 2.24) is 4.98 Å². The molecular formula is C16H15F3N2O4S. The van der Waals surface area contributed by atoms with E-state index in [0.29, 0.717) is 23.8 Å². The van der Waals surface area contributed by atoms with Gasteiger partial charge in [0.1, 0.15) is 28.2 Å². The second kappa shape index (κ2) is 6.35. The number of ether oxygens (including phenoxy) is 2. The highest BCUT2D eigenvalue weighted by atomic mass is 32.2. The molecule has 6 nitrogen and oxygen atoms in total. The van der Waals surface area contributed by atoms with E-state index in [1.165, 1.54) is 13.2 Å². The van der Waals surface area contributed by atoms with E-state index < -0.39 is 28.0 Å². The molecule has 0 saturated heterocycles. The van der Waals surface area contributed by atoms with Crippen molar-refractivity contribution in [2.75, 3.05) is 18.0 Å². The number of anilines is 1. The first-order valence-corrected chi connectivity index (χ1v) is 8.97. The van der Waals surface area contributed by atoms with Gasteiger partial charge in [-0.05, 0) is 31.2 Å². The molecule has 0 aliphatic carbocycles. The third kappa shape index (κ3) is 3.28.